The van der Waals surface area contributed by atoms with Crippen LogP contribution in [0.25, 0.3) is 0 Å². The van der Waals surface area contributed by atoms with Gasteiger partial charge in [-0.3, -0.25) is 4.90 Å². The van der Waals surface area contributed by atoms with E-state index in [-0.39, 0.29) is 11.0 Å². The van der Waals surface area contributed by atoms with Crippen molar-refractivity contribution in [2.75, 3.05) is 26.3 Å². The van der Waals surface area contributed by atoms with E-state index >= 15 is 0 Å². The van der Waals surface area contributed by atoms with Crippen molar-refractivity contribution in [1.82, 2.24) is 4.90 Å². The number of rotatable bonds is 3. The summed E-state index contributed by atoms with van der Waals surface area (Å²) in [5.74, 6) is 0.329. The van der Waals surface area contributed by atoms with E-state index in [2.05, 4.69) is 4.90 Å². The second-order valence-electron chi connectivity index (χ2n) is 5.89. The highest BCUT2D eigenvalue weighted by molar-refractivity contribution is 5.89. The summed E-state index contributed by atoms with van der Waals surface area (Å²) in [5, 5.41) is 9.27. The number of aromatic carboxylic acids is 1. The van der Waals surface area contributed by atoms with Gasteiger partial charge in [-0.1, -0.05) is 20.8 Å². The number of morpholine rings is 1. The summed E-state index contributed by atoms with van der Waals surface area (Å²) in [6.07, 6.45) is 0. The first-order chi connectivity index (χ1) is 8.88. The van der Waals surface area contributed by atoms with Gasteiger partial charge in [0, 0.05) is 18.5 Å². The average Bonchev–Trinajstić information content (AvgIpc) is 2.74. The monoisotopic (exact) mass is 267 g/mol. The lowest BCUT2D eigenvalue weighted by atomic mass is 9.93. The van der Waals surface area contributed by atoms with Gasteiger partial charge < -0.3 is 14.3 Å². The smallest absolute Gasteiger partial charge is 0.339 e. The maximum Gasteiger partial charge on any atom is 0.339 e. The molecule has 1 aromatic rings. The Morgan fingerprint density at radius 2 is 2.00 bits per heavy atom. The van der Waals surface area contributed by atoms with Crippen LogP contribution in [0.3, 0.4) is 0 Å². The molecule has 0 amide bonds. The second kappa shape index (κ2) is 5.35. The Morgan fingerprint density at radius 1 is 1.37 bits per heavy atom. The van der Waals surface area contributed by atoms with Crippen LogP contribution < -0.4 is 0 Å². The third-order valence-corrected chi connectivity index (χ3v) is 3.25. The molecule has 0 radical (unpaired) electrons. The molecule has 2 rings (SSSR count). The molecule has 0 bridgehead atoms. The van der Waals surface area contributed by atoms with Crippen molar-refractivity contribution in [2.24, 2.45) is 0 Å². The Balaban J connectivity index is 2.22. The molecule has 0 spiro atoms. The van der Waals surface area contributed by atoms with Crippen molar-refractivity contribution in [3.8, 4) is 0 Å². The number of carboxylic acid groups (broad SMARTS) is 1. The molecule has 1 aromatic heterocycles. The summed E-state index contributed by atoms with van der Waals surface area (Å²) in [5.41, 5.74) is 0.0874. The van der Waals surface area contributed by atoms with Gasteiger partial charge in [-0.05, 0) is 6.07 Å². The first kappa shape index (κ1) is 14.1. The molecule has 0 atom stereocenters. The van der Waals surface area contributed by atoms with Gasteiger partial charge in [0.25, 0.3) is 0 Å². The number of ether oxygens (including phenoxy) is 1. The fourth-order valence-corrected chi connectivity index (χ4v) is 2.06. The van der Waals surface area contributed by atoms with E-state index in [1.54, 1.807) is 6.07 Å². The third kappa shape index (κ3) is 3.36. The van der Waals surface area contributed by atoms with E-state index in [1.165, 1.54) is 0 Å². The van der Waals surface area contributed by atoms with E-state index in [9.17, 15) is 9.90 Å². The van der Waals surface area contributed by atoms with Gasteiger partial charge in [-0.15, -0.1) is 0 Å². The average molecular weight is 267 g/mol. The molecule has 2 heterocycles. The molecule has 1 fully saturated rings. The summed E-state index contributed by atoms with van der Waals surface area (Å²) < 4.78 is 11.1. The molecule has 1 saturated heterocycles. The van der Waals surface area contributed by atoms with E-state index in [4.69, 9.17) is 9.15 Å². The molecular weight excluding hydrogens is 246 g/mol. The lowest BCUT2D eigenvalue weighted by Gasteiger charge is -2.25. The quantitative estimate of drug-likeness (QED) is 0.908. The SMILES string of the molecule is CC(C)(C)c1cc(C(=O)O)c(CN2CCOCC2)o1. The molecule has 0 aliphatic carbocycles. The van der Waals surface area contributed by atoms with Crippen molar-refractivity contribution >= 4 is 5.97 Å². The molecule has 1 aliphatic heterocycles. The highest BCUT2D eigenvalue weighted by Gasteiger charge is 2.25. The van der Waals surface area contributed by atoms with Crippen LogP contribution in [0.5, 0.6) is 0 Å². The summed E-state index contributed by atoms with van der Waals surface area (Å²) >= 11 is 0. The fraction of sp³-hybridized carbons (Fsp3) is 0.643. The van der Waals surface area contributed by atoms with Crippen LogP contribution in [-0.4, -0.2) is 42.3 Å². The highest BCUT2D eigenvalue weighted by Crippen LogP contribution is 2.28. The summed E-state index contributed by atoms with van der Waals surface area (Å²) in [6, 6.07) is 1.65. The van der Waals surface area contributed by atoms with E-state index in [0.29, 0.717) is 31.3 Å². The lowest BCUT2D eigenvalue weighted by molar-refractivity contribution is 0.0307. The standard InChI is InChI=1S/C14H21NO4/c1-14(2,3)12-8-10(13(16)17)11(19-12)9-15-4-6-18-7-5-15/h8H,4-7,9H2,1-3H3,(H,16,17). The normalized spacial score (nSPS) is 17.6. The van der Waals surface area contributed by atoms with Gasteiger partial charge in [0.1, 0.15) is 17.1 Å². The van der Waals surface area contributed by atoms with Gasteiger partial charge in [0.2, 0.25) is 0 Å². The van der Waals surface area contributed by atoms with Gasteiger partial charge in [-0.2, -0.15) is 0 Å². The molecule has 0 aromatic carbocycles. The first-order valence-electron chi connectivity index (χ1n) is 6.54. The van der Waals surface area contributed by atoms with Crippen molar-refractivity contribution in [1.29, 1.82) is 0 Å². The molecule has 0 unspecified atom stereocenters. The number of carboxylic acids is 1. The molecule has 1 N–H and O–H groups in total. The minimum absolute atomic E-state index is 0.187. The number of nitrogens with zero attached hydrogens (tertiary/aromatic N) is 1. The maximum atomic E-state index is 11.3. The first-order valence-corrected chi connectivity index (χ1v) is 6.54. The van der Waals surface area contributed by atoms with Crippen LogP contribution in [0, 0.1) is 0 Å². The van der Waals surface area contributed by atoms with Crippen LogP contribution in [0.1, 0.15) is 42.6 Å². The van der Waals surface area contributed by atoms with Crippen LogP contribution >= 0.6 is 0 Å². The van der Waals surface area contributed by atoms with Gasteiger partial charge >= 0.3 is 5.97 Å². The molecule has 5 nitrogen and oxygen atoms in total. The molecule has 106 valence electrons. The molecule has 19 heavy (non-hydrogen) atoms. The van der Waals surface area contributed by atoms with Gasteiger partial charge in [0.15, 0.2) is 0 Å². The maximum absolute atomic E-state index is 11.3. The molecule has 5 heteroatoms. The van der Waals surface area contributed by atoms with E-state index in [1.807, 2.05) is 20.8 Å². The predicted octanol–water partition coefficient (Wildman–Crippen LogP) is 2.11. The van der Waals surface area contributed by atoms with Crippen molar-refractivity contribution in [3.63, 3.8) is 0 Å². The Hall–Kier alpha value is -1.33. The predicted molar refractivity (Wildman–Crippen MR) is 70.5 cm³/mol. The van der Waals surface area contributed by atoms with Crippen LogP contribution in [0.15, 0.2) is 10.5 Å². The van der Waals surface area contributed by atoms with Crippen LogP contribution in [0.4, 0.5) is 0 Å². The number of hydrogen-bond acceptors (Lipinski definition) is 4. The van der Waals surface area contributed by atoms with Crippen molar-refractivity contribution in [2.45, 2.75) is 32.7 Å². The third-order valence-electron chi connectivity index (χ3n) is 3.25. The summed E-state index contributed by atoms with van der Waals surface area (Å²) in [7, 11) is 0. The Morgan fingerprint density at radius 3 is 2.53 bits per heavy atom. The zero-order valence-corrected chi connectivity index (χ0v) is 11.7. The lowest BCUT2D eigenvalue weighted by Crippen LogP contribution is -2.35. The topological polar surface area (TPSA) is 62.9 Å². The zero-order valence-electron chi connectivity index (χ0n) is 11.7. The summed E-state index contributed by atoms with van der Waals surface area (Å²) in [4.78, 5) is 13.5. The van der Waals surface area contributed by atoms with Gasteiger partial charge in [0.05, 0.1) is 19.8 Å². The molecular formula is C14H21NO4. The fourth-order valence-electron chi connectivity index (χ4n) is 2.06. The Labute approximate surface area is 113 Å². The Kier molecular flexibility index (Phi) is 3.96. The molecule has 0 saturated carbocycles. The van der Waals surface area contributed by atoms with Crippen LogP contribution in [0.2, 0.25) is 0 Å². The number of furan rings is 1. The number of hydrogen-bond donors (Lipinski definition) is 1. The highest BCUT2D eigenvalue weighted by atomic mass is 16.5. The second-order valence-corrected chi connectivity index (χ2v) is 5.89. The summed E-state index contributed by atoms with van der Waals surface area (Å²) in [6.45, 7) is 9.56. The largest absolute Gasteiger partial charge is 0.478 e. The van der Waals surface area contributed by atoms with E-state index < -0.39 is 5.97 Å². The minimum atomic E-state index is -0.928. The molecule has 1 aliphatic rings. The van der Waals surface area contributed by atoms with Crippen LogP contribution in [-0.2, 0) is 16.7 Å². The zero-order chi connectivity index (χ0) is 14.0. The van der Waals surface area contributed by atoms with Crippen molar-refractivity contribution in [3.05, 3.63) is 23.2 Å². The van der Waals surface area contributed by atoms with Gasteiger partial charge in [-0.25, -0.2) is 4.79 Å². The number of carbonyl (C=O) groups is 1. The Bertz CT molecular complexity index is 453. The van der Waals surface area contributed by atoms with E-state index in [0.717, 1.165) is 13.1 Å². The van der Waals surface area contributed by atoms with Crippen molar-refractivity contribution < 1.29 is 19.1 Å². The minimum Gasteiger partial charge on any atom is -0.478 e.